The van der Waals surface area contributed by atoms with Crippen molar-refractivity contribution in [3.8, 4) is 34.4 Å². The highest BCUT2D eigenvalue weighted by Gasteiger charge is 2.24. The van der Waals surface area contributed by atoms with Crippen molar-refractivity contribution in [2.24, 2.45) is 20.5 Å². The van der Waals surface area contributed by atoms with Gasteiger partial charge in [0, 0.05) is 27.8 Å². The van der Waals surface area contributed by atoms with Crippen LogP contribution in [0.2, 0.25) is 0 Å². The summed E-state index contributed by atoms with van der Waals surface area (Å²) in [6.45, 7) is 0. The Hall–Kier alpha value is -6.08. The van der Waals surface area contributed by atoms with E-state index in [1.165, 1.54) is 77.5 Å². The van der Waals surface area contributed by atoms with E-state index in [4.69, 9.17) is 19.9 Å². The van der Waals surface area contributed by atoms with Gasteiger partial charge in [-0.05, 0) is 83.6 Å². The Labute approximate surface area is 343 Å². The summed E-state index contributed by atoms with van der Waals surface area (Å²) in [5.74, 6) is -1.36. The van der Waals surface area contributed by atoms with Gasteiger partial charge in [0.05, 0.1) is 41.0 Å². The molecule has 0 amide bonds. The minimum Gasteiger partial charge on any atom is -0.506 e. The number of azo groups is 2. The van der Waals surface area contributed by atoms with Crippen LogP contribution in [-0.2, 0) is 39.0 Å². The molecule has 0 aliphatic rings. The maximum atomic E-state index is 12.3. The van der Waals surface area contributed by atoms with E-state index in [1.807, 2.05) is 0 Å². The van der Waals surface area contributed by atoms with Gasteiger partial charge in [0.2, 0.25) is 0 Å². The van der Waals surface area contributed by atoms with Crippen LogP contribution in [-0.4, -0.2) is 68.6 Å². The Morgan fingerprint density at radius 3 is 1.88 bits per heavy atom. The second kappa shape index (κ2) is 16.9. The molecule has 1 aromatic heterocycles. The van der Waals surface area contributed by atoms with Crippen LogP contribution in [0.25, 0.3) is 32.9 Å². The van der Waals surface area contributed by atoms with Gasteiger partial charge in [-0.2, -0.15) is 16.8 Å². The third kappa shape index (κ3) is 8.77. The van der Waals surface area contributed by atoms with Gasteiger partial charge < -0.3 is 20.1 Å². The van der Waals surface area contributed by atoms with E-state index in [0.29, 0.717) is 40.4 Å². The van der Waals surface area contributed by atoms with Crippen LogP contribution in [0.4, 0.5) is 22.7 Å². The second-order valence-corrected chi connectivity index (χ2v) is 16.2. The number of hydrogen-bond acceptors (Lipinski definition) is 21. The zero-order chi connectivity index (χ0) is 42.9. The van der Waals surface area contributed by atoms with Crippen molar-refractivity contribution in [2.75, 3.05) is 7.11 Å². The molecule has 7 N–H and O–H groups in total. The predicted octanol–water partition coefficient (Wildman–Crippen LogP) is 8.47. The largest absolute Gasteiger partial charge is 0.506 e. The highest BCUT2D eigenvalue weighted by atomic mass is 32.2. The quantitative estimate of drug-likeness (QED) is 0.0167. The number of aromatic hydroxyl groups is 3. The van der Waals surface area contributed by atoms with E-state index in [1.54, 1.807) is 6.07 Å². The fraction of sp³-hybridized carbons (Fsp3) is 0.0303. The van der Waals surface area contributed by atoms with E-state index in [9.17, 15) is 41.3 Å². The molecule has 60 heavy (non-hydrogen) atoms. The van der Waals surface area contributed by atoms with Gasteiger partial charge in [-0.1, -0.05) is 19.8 Å². The van der Waals surface area contributed by atoms with Gasteiger partial charge in [-0.3, -0.25) is 9.11 Å². The molecule has 312 valence electrons. The molecule has 1 heterocycles. The fourth-order valence-corrected chi connectivity index (χ4v) is 7.66. The van der Waals surface area contributed by atoms with E-state index >= 15 is 0 Å². The molecule has 0 atom stereocenters. The third-order valence-electron chi connectivity index (χ3n) is 8.31. The highest BCUT2D eigenvalue weighted by Crippen LogP contribution is 2.46. The number of benzene rings is 6. The molecule has 7 aromatic rings. The summed E-state index contributed by atoms with van der Waals surface area (Å²) in [5, 5.41) is 73.7. The lowest BCUT2D eigenvalue weighted by atomic mass is 10.1. The lowest BCUT2D eigenvalue weighted by Gasteiger charge is -2.10. The smallest absolute Gasteiger partial charge is 0.296 e. The molecule has 0 bridgehead atoms. The Balaban J connectivity index is 1.13. The van der Waals surface area contributed by atoms with Crippen molar-refractivity contribution in [1.29, 1.82) is 0 Å². The Morgan fingerprint density at radius 2 is 1.23 bits per heavy atom. The molecule has 0 fully saturated rings. The van der Waals surface area contributed by atoms with Crippen LogP contribution < -0.4 is 4.74 Å². The average molecular weight is 905 g/mol. The Kier molecular flexibility index (Phi) is 11.8. The normalized spacial score (nSPS) is 12.5. The molecule has 0 aliphatic heterocycles. The molecule has 0 unspecified atom stereocenters. The molecule has 0 saturated heterocycles. The first-order valence-corrected chi connectivity index (χ1v) is 20.4. The number of phenolic OH excluding ortho intramolecular Hbond substituents is 3. The standard InChI is InChI=1S/C33H24N6O17S4/c1-51-27-15-19(3-9-25(27)35-36-30-28(58-56-54-44)12-17-11-21(59(45,46)47)5-7-23(17)32(30)41)39-38(52-39)18-2-8-24(26(40)14-18)34-37-31-29(60(48,49)50)13-16-10-20(57-55-53-43)4-6-22(16)33(31)42/h2-15,40-44H,1H3,(H,45,46,47)(H,48,49,50). The SMILES string of the molecule is COc1cc(-n2on2-c2ccc(N=Nc3c(S(=O)(=O)O)cc4cc(SOOO)ccc4c3O)c(O)c2)ccc1N=Nc1c(SOOO)cc2cc(S(=O)(=O)O)ccc2c1O. The van der Waals surface area contributed by atoms with Gasteiger partial charge in [-0.15, -0.1) is 29.1 Å². The lowest BCUT2D eigenvalue weighted by molar-refractivity contribution is -0.432. The van der Waals surface area contributed by atoms with Crippen molar-refractivity contribution in [3.63, 3.8) is 0 Å². The van der Waals surface area contributed by atoms with Crippen molar-refractivity contribution in [3.05, 3.63) is 84.9 Å². The summed E-state index contributed by atoms with van der Waals surface area (Å²) >= 11 is 0.996. The number of phenols is 3. The van der Waals surface area contributed by atoms with Crippen LogP contribution in [0, 0.1) is 0 Å². The predicted molar refractivity (Wildman–Crippen MR) is 206 cm³/mol. The fourth-order valence-electron chi connectivity index (χ4n) is 5.58. The van der Waals surface area contributed by atoms with E-state index in [-0.39, 0.29) is 49.3 Å². The van der Waals surface area contributed by atoms with Crippen LogP contribution in [0.3, 0.4) is 0 Å². The number of methoxy groups -OCH3 is 1. The van der Waals surface area contributed by atoms with Crippen molar-refractivity contribution in [2.45, 2.75) is 19.6 Å². The van der Waals surface area contributed by atoms with Gasteiger partial charge >= 0.3 is 0 Å². The number of nitrogens with zero attached hydrogens (tertiary/aromatic N) is 6. The van der Waals surface area contributed by atoms with Crippen LogP contribution in [0.15, 0.2) is 130 Å². The minimum absolute atomic E-state index is 0.0244. The molecule has 27 heteroatoms. The lowest BCUT2D eigenvalue weighted by Crippen LogP contribution is -1.99. The van der Waals surface area contributed by atoms with E-state index < -0.39 is 53.0 Å². The zero-order valence-electron chi connectivity index (χ0n) is 29.6. The summed E-state index contributed by atoms with van der Waals surface area (Å²) in [6, 6.07) is 18.7. The maximum Gasteiger partial charge on any atom is 0.296 e. The molecule has 0 radical (unpaired) electrons. The Morgan fingerprint density at radius 1 is 0.633 bits per heavy atom. The van der Waals surface area contributed by atoms with Gasteiger partial charge in [0.1, 0.15) is 50.5 Å². The number of hydrogen-bond donors (Lipinski definition) is 7. The van der Waals surface area contributed by atoms with Gasteiger partial charge in [0.15, 0.2) is 11.5 Å². The van der Waals surface area contributed by atoms with Crippen LogP contribution >= 0.6 is 24.1 Å². The summed E-state index contributed by atoms with van der Waals surface area (Å²) in [4.78, 5) is 1.70. The van der Waals surface area contributed by atoms with Crippen molar-refractivity contribution < 1.29 is 79.9 Å². The first-order chi connectivity index (χ1) is 28.6. The topological polar surface area (TPSA) is 328 Å². The Bertz CT molecular complexity index is 3070. The maximum absolute atomic E-state index is 12.3. The minimum atomic E-state index is -4.95. The average Bonchev–Trinajstić information content (AvgIpc) is 4.02. The summed E-state index contributed by atoms with van der Waals surface area (Å²) in [5.41, 5.74) is -0.0696. The summed E-state index contributed by atoms with van der Waals surface area (Å²) in [7, 11) is -8.16. The molecule has 6 aromatic carbocycles. The van der Waals surface area contributed by atoms with E-state index in [0.717, 1.165) is 18.2 Å². The second-order valence-electron chi connectivity index (χ2n) is 11.9. The summed E-state index contributed by atoms with van der Waals surface area (Å²) < 4.78 is 87.1. The highest BCUT2D eigenvalue weighted by molar-refractivity contribution is 7.95. The molecular formula is C33H24N6O17S4. The number of rotatable bonds is 15. The number of fused-ring (bicyclic) bond motifs is 2. The molecule has 0 saturated carbocycles. The molecule has 23 nitrogen and oxygen atoms in total. The van der Waals surface area contributed by atoms with Crippen molar-refractivity contribution in [1.82, 2.24) is 9.71 Å². The first-order valence-electron chi connectivity index (χ1n) is 16.1. The monoisotopic (exact) mass is 904 g/mol. The van der Waals surface area contributed by atoms with E-state index in [2.05, 4.69) is 39.2 Å². The molecule has 0 spiro atoms. The van der Waals surface area contributed by atoms with Crippen LogP contribution in [0.1, 0.15) is 0 Å². The molecule has 7 rings (SSSR count). The molecule has 0 aliphatic carbocycles. The van der Waals surface area contributed by atoms with Crippen LogP contribution in [0.5, 0.6) is 23.0 Å². The van der Waals surface area contributed by atoms with Crippen molar-refractivity contribution >= 4 is 88.6 Å². The zero-order valence-corrected chi connectivity index (χ0v) is 32.9. The molecular weight excluding hydrogens is 881 g/mol. The first kappa shape index (κ1) is 42.1. The number of aromatic nitrogens is 2. The summed E-state index contributed by atoms with van der Waals surface area (Å²) in [6.07, 6.45) is 0. The van der Waals surface area contributed by atoms with Gasteiger partial charge in [-0.25, -0.2) is 15.1 Å². The third-order valence-corrected chi connectivity index (χ3v) is 11.2. The number of ether oxygens (including phenoxy) is 1. The van der Waals surface area contributed by atoms with Gasteiger partial charge in [0.25, 0.3) is 20.2 Å².